The number of carbonyl (C=O) groups is 1. The second-order valence-corrected chi connectivity index (χ2v) is 6.41. The van der Waals surface area contributed by atoms with Gasteiger partial charge in [0.2, 0.25) is 0 Å². The normalized spacial score (nSPS) is 14.1. The Kier molecular flexibility index (Phi) is 5.14. The van der Waals surface area contributed by atoms with Gasteiger partial charge in [0.05, 0.1) is 0 Å². The van der Waals surface area contributed by atoms with E-state index in [4.69, 9.17) is 5.73 Å². The zero-order valence-electron chi connectivity index (χ0n) is 9.70. The molecule has 0 aliphatic rings. The first-order valence-corrected chi connectivity index (χ1v) is 7.48. The molecule has 2 unspecified atom stereocenters. The van der Waals surface area contributed by atoms with Crippen molar-refractivity contribution in [1.29, 1.82) is 0 Å². The van der Waals surface area contributed by atoms with Gasteiger partial charge in [-0.2, -0.15) is 0 Å². The number of halogens is 1. The molecule has 17 heavy (non-hydrogen) atoms. The van der Waals surface area contributed by atoms with Gasteiger partial charge in [-0.25, -0.2) is 0 Å². The second kappa shape index (κ2) is 6.16. The minimum absolute atomic E-state index is 0.0591. The van der Waals surface area contributed by atoms with Crippen LogP contribution in [0.2, 0.25) is 0 Å². The molecule has 0 heterocycles. The van der Waals surface area contributed by atoms with E-state index in [0.717, 1.165) is 0 Å². The van der Waals surface area contributed by atoms with Gasteiger partial charge in [0, 0.05) is 44.6 Å². The first kappa shape index (κ1) is 14.2. The van der Waals surface area contributed by atoms with Crippen molar-refractivity contribution >= 4 is 38.3 Å². The SMILES string of the molecule is CC(CNC(=O)c1ccc(N)c(Br)c1)S(C)=O. The fraction of sp³-hybridized carbons (Fsp3) is 0.364. The van der Waals surface area contributed by atoms with Crippen LogP contribution in [0.4, 0.5) is 5.69 Å². The van der Waals surface area contributed by atoms with E-state index in [1.54, 1.807) is 24.5 Å². The average Bonchev–Trinajstić information content (AvgIpc) is 2.28. The molecular formula is C11H15BrN2O2S. The summed E-state index contributed by atoms with van der Waals surface area (Å²) in [6.45, 7) is 2.22. The fourth-order valence-corrected chi connectivity index (χ4v) is 1.82. The Morgan fingerprint density at radius 3 is 2.76 bits per heavy atom. The summed E-state index contributed by atoms with van der Waals surface area (Å²) < 4.78 is 11.8. The standard InChI is InChI=1S/C11H15BrN2O2S/c1-7(17(2)16)6-14-11(15)8-3-4-10(13)9(12)5-8/h3-5,7H,6,13H2,1-2H3,(H,14,15). The number of nitrogens with two attached hydrogens (primary N) is 1. The minimum atomic E-state index is -0.935. The fourth-order valence-electron chi connectivity index (χ4n) is 1.12. The quantitative estimate of drug-likeness (QED) is 0.827. The number of rotatable bonds is 4. The maximum atomic E-state index is 11.8. The lowest BCUT2D eigenvalue weighted by atomic mass is 10.2. The zero-order chi connectivity index (χ0) is 13.0. The molecular weight excluding hydrogens is 304 g/mol. The maximum Gasteiger partial charge on any atom is 0.251 e. The Morgan fingerprint density at radius 1 is 1.59 bits per heavy atom. The van der Waals surface area contributed by atoms with Gasteiger partial charge < -0.3 is 11.1 Å². The largest absolute Gasteiger partial charge is 0.398 e. The molecule has 6 heteroatoms. The molecule has 0 aliphatic heterocycles. The summed E-state index contributed by atoms with van der Waals surface area (Å²) in [5.41, 5.74) is 6.75. The highest BCUT2D eigenvalue weighted by Gasteiger charge is 2.10. The van der Waals surface area contributed by atoms with Crippen LogP contribution in [-0.4, -0.2) is 28.2 Å². The van der Waals surface area contributed by atoms with Crippen LogP contribution in [0.15, 0.2) is 22.7 Å². The van der Waals surface area contributed by atoms with Crippen LogP contribution < -0.4 is 11.1 Å². The van der Waals surface area contributed by atoms with Crippen LogP contribution in [0.5, 0.6) is 0 Å². The Morgan fingerprint density at radius 2 is 2.24 bits per heavy atom. The van der Waals surface area contributed by atoms with E-state index in [2.05, 4.69) is 21.2 Å². The molecule has 0 radical (unpaired) electrons. The summed E-state index contributed by atoms with van der Waals surface area (Å²) in [5.74, 6) is -0.192. The third kappa shape index (κ3) is 4.12. The molecule has 3 N–H and O–H groups in total. The molecule has 0 aromatic heterocycles. The molecule has 1 aromatic carbocycles. The van der Waals surface area contributed by atoms with Crippen LogP contribution in [0.3, 0.4) is 0 Å². The number of nitrogens with one attached hydrogen (secondary N) is 1. The number of anilines is 1. The number of hydrogen-bond acceptors (Lipinski definition) is 3. The molecule has 0 saturated heterocycles. The topological polar surface area (TPSA) is 72.2 Å². The van der Waals surface area contributed by atoms with Crippen molar-refractivity contribution in [2.45, 2.75) is 12.2 Å². The van der Waals surface area contributed by atoms with Crippen molar-refractivity contribution in [3.8, 4) is 0 Å². The van der Waals surface area contributed by atoms with Crippen LogP contribution >= 0.6 is 15.9 Å². The van der Waals surface area contributed by atoms with Crippen molar-refractivity contribution in [3.63, 3.8) is 0 Å². The average molecular weight is 319 g/mol. The third-order valence-electron chi connectivity index (χ3n) is 2.38. The van der Waals surface area contributed by atoms with Gasteiger partial charge in [0.25, 0.3) is 5.91 Å². The molecule has 0 saturated carbocycles. The number of carbonyl (C=O) groups excluding carboxylic acids is 1. The summed E-state index contributed by atoms with van der Waals surface area (Å²) >= 11 is 3.26. The lowest BCUT2D eigenvalue weighted by molar-refractivity contribution is 0.0954. The number of hydrogen-bond donors (Lipinski definition) is 2. The third-order valence-corrected chi connectivity index (χ3v) is 4.37. The van der Waals surface area contributed by atoms with Gasteiger partial charge in [-0.3, -0.25) is 9.00 Å². The summed E-state index contributed by atoms with van der Waals surface area (Å²) in [6, 6.07) is 4.99. The van der Waals surface area contributed by atoms with E-state index in [0.29, 0.717) is 22.3 Å². The molecule has 4 nitrogen and oxygen atoms in total. The van der Waals surface area contributed by atoms with E-state index in [1.165, 1.54) is 0 Å². The molecule has 1 amide bonds. The number of benzene rings is 1. The van der Waals surface area contributed by atoms with E-state index in [-0.39, 0.29) is 11.2 Å². The van der Waals surface area contributed by atoms with Crippen molar-refractivity contribution in [2.24, 2.45) is 0 Å². The van der Waals surface area contributed by atoms with Crippen LogP contribution in [-0.2, 0) is 10.8 Å². The van der Waals surface area contributed by atoms with Gasteiger partial charge >= 0.3 is 0 Å². The highest BCUT2D eigenvalue weighted by atomic mass is 79.9. The second-order valence-electron chi connectivity index (χ2n) is 3.76. The minimum Gasteiger partial charge on any atom is -0.398 e. The first-order chi connectivity index (χ1) is 7.91. The van der Waals surface area contributed by atoms with Crippen molar-refractivity contribution in [2.75, 3.05) is 18.5 Å². The van der Waals surface area contributed by atoms with Gasteiger partial charge in [-0.15, -0.1) is 0 Å². The van der Waals surface area contributed by atoms with Gasteiger partial charge in [-0.1, -0.05) is 0 Å². The predicted molar refractivity (Wildman–Crippen MR) is 74.4 cm³/mol. The Labute approximate surface area is 112 Å². The van der Waals surface area contributed by atoms with Crippen molar-refractivity contribution in [1.82, 2.24) is 5.32 Å². The van der Waals surface area contributed by atoms with Crippen LogP contribution in [0.25, 0.3) is 0 Å². The van der Waals surface area contributed by atoms with Crippen LogP contribution in [0, 0.1) is 0 Å². The first-order valence-electron chi connectivity index (χ1n) is 5.07. The predicted octanol–water partition coefficient (Wildman–Crippen LogP) is 1.53. The van der Waals surface area contributed by atoms with Gasteiger partial charge in [0.15, 0.2) is 0 Å². The highest BCUT2D eigenvalue weighted by Crippen LogP contribution is 2.20. The monoisotopic (exact) mass is 318 g/mol. The summed E-state index contributed by atoms with van der Waals surface area (Å²) in [7, 11) is -0.935. The smallest absolute Gasteiger partial charge is 0.251 e. The van der Waals surface area contributed by atoms with Gasteiger partial charge in [0.1, 0.15) is 0 Å². The molecule has 94 valence electrons. The Bertz CT molecular complexity index is 451. The van der Waals surface area contributed by atoms with E-state index in [9.17, 15) is 9.00 Å². The summed E-state index contributed by atoms with van der Waals surface area (Å²) in [4.78, 5) is 11.8. The molecule has 0 fully saturated rings. The van der Waals surface area contributed by atoms with Crippen molar-refractivity contribution < 1.29 is 9.00 Å². The maximum absolute atomic E-state index is 11.8. The lowest BCUT2D eigenvalue weighted by Gasteiger charge is -2.10. The van der Waals surface area contributed by atoms with E-state index in [1.807, 2.05) is 6.92 Å². The molecule has 2 atom stereocenters. The summed E-state index contributed by atoms with van der Waals surface area (Å²) in [5, 5.41) is 2.67. The molecule has 0 spiro atoms. The highest BCUT2D eigenvalue weighted by molar-refractivity contribution is 9.10. The van der Waals surface area contributed by atoms with E-state index < -0.39 is 10.8 Å². The summed E-state index contributed by atoms with van der Waals surface area (Å²) in [6.07, 6.45) is 1.62. The van der Waals surface area contributed by atoms with Crippen LogP contribution in [0.1, 0.15) is 17.3 Å². The van der Waals surface area contributed by atoms with Crippen molar-refractivity contribution in [3.05, 3.63) is 28.2 Å². The molecule has 0 aliphatic carbocycles. The molecule has 1 rings (SSSR count). The van der Waals surface area contributed by atoms with E-state index >= 15 is 0 Å². The zero-order valence-corrected chi connectivity index (χ0v) is 12.1. The Balaban J connectivity index is 2.64. The number of nitrogen functional groups attached to an aromatic ring is 1. The lowest BCUT2D eigenvalue weighted by Crippen LogP contribution is -2.32. The molecule has 1 aromatic rings. The Hall–Kier alpha value is -0.880. The molecule has 0 bridgehead atoms. The van der Waals surface area contributed by atoms with Gasteiger partial charge in [-0.05, 0) is 41.1 Å². The number of amides is 1.